The van der Waals surface area contributed by atoms with Crippen LogP contribution in [0.5, 0.6) is 0 Å². The van der Waals surface area contributed by atoms with Crippen LogP contribution in [0.2, 0.25) is 0 Å². The standard InChI is InChI=1S/C10H16N4/c1-8-4-2-3-5-14(8)10-7-12-9(11)6-13-10/h6-8H,2-5H2,1H3,(H2,11,12)/i6D,7D. The Labute approximate surface area is 87.0 Å². The average Bonchev–Trinajstić information content (AvgIpc) is 2.25. The minimum Gasteiger partial charge on any atom is -0.382 e. The van der Waals surface area contributed by atoms with Crippen LogP contribution in [0.25, 0.3) is 0 Å². The number of hydrogen-bond donors (Lipinski definition) is 1. The quantitative estimate of drug-likeness (QED) is 0.735. The van der Waals surface area contributed by atoms with E-state index < -0.39 is 0 Å². The van der Waals surface area contributed by atoms with Crippen LogP contribution in [-0.4, -0.2) is 22.6 Å². The molecule has 1 fully saturated rings. The molecule has 0 saturated carbocycles. The SMILES string of the molecule is [2H]c1nc(N2CCCCC2C)c([2H])nc1N. The number of nitrogens with zero attached hydrogens (tertiary/aromatic N) is 3. The van der Waals surface area contributed by atoms with Crippen molar-refractivity contribution in [3.05, 3.63) is 12.3 Å². The van der Waals surface area contributed by atoms with Crippen LogP contribution in [0, 0.1) is 0 Å². The molecule has 0 radical (unpaired) electrons. The molecule has 1 unspecified atom stereocenters. The van der Waals surface area contributed by atoms with Crippen LogP contribution in [0.1, 0.15) is 28.9 Å². The smallest absolute Gasteiger partial charge is 0.147 e. The summed E-state index contributed by atoms with van der Waals surface area (Å²) in [6, 6.07) is 0.357. The largest absolute Gasteiger partial charge is 0.382 e. The van der Waals surface area contributed by atoms with Gasteiger partial charge < -0.3 is 10.6 Å². The molecule has 0 bridgehead atoms. The van der Waals surface area contributed by atoms with Gasteiger partial charge in [0.25, 0.3) is 0 Å². The van der Waals surface area contributed by atoms with Crippen molar-refractivity contribution in [2.75, 3.05) is 17.2 Å². The van der Waals surface area contributed by atoms with E-state index in [-0.39, 0.29) is 18.2 Å². The van der Waals surface area contributed by atoms with E-state index in [1.165, 1.54) is 6.42 Å². The van der Waals surface area contributed by atoms with Gasteiger partial charge >= 0.3 is 0 Å². The molecule has 1 saturated heterocycles. The van der Waals surface area contributed by atoms with Crippen LogP contribution < -0.4 is 10.6 Å². The van der Waals surface area contributed by atoms with Crippen LogP contribution in [0.3, 0.4) is 0 Å². The van der Waals surface area contributed by atoms with Gasteiger partial charge in [0.2, 0.25) is 0 Å². The van der Waals surface area contributed by atoms with Gasteiger partial charge in [-0.05, 0) is 26.2 Å². The second kappa shape index (κ2) is 3.82. The summed E-state index contributed by atoms with van der Waals surface area (Å²) in [4.78, 5) is 9.95. The lowest BCUT2D eigenvalue weighted by molar-refractivity contribution is 0.481. The highest BCUT2D eigenvalue weighted by Crippen LogP contribution is 2.21. The predicted molar refractivity (Wildman–Crippen MR) is 57.1 cm³/mol. The number of anilines is 2. The Kier molecular flexibility index (Phi) is 1.92. The topological polar surface area (TPSA) is 55.0 Å². The van der Waals surface area contributed by atoms with Gasteiger partial charge in [-0.25, -0.2) is 9.97 Å². The minimum atomic E-state index is -0.0382. The summed E-state index contributed by atoms with van der Waals surface area (Å²) in [6.45, 7) is 2.99. The number of nitrogen functional groups attached to an aromatic ring is 1. The first-order valence-corrected chi connectivity index (χ1v) is 4.97. The van der Waals surface area contributed by atoms with Crippen molar-refractivity contribution in [3.63, 3.8) is 0 Å². The van der Waals surface area contributed by atoms with E-state index in [1.807, 2.05) is 0 Å². The van der Waals surface area contributed by atoms with Crippen molar-refractivity contribution >= 4 is 11.6 Å². The third-order valence-corrected chi connectivity index (χ3v) is 2.63. The van der Waals surface area contributed by atoms with E-state index in [9.17, 15) is 0 Å². The predicted octanol–water partition coefficient (Wildman–Crippen LogP) is 1.44. The van der Waals surface area contributed by atoms with Gasteiger partial charge in [-0.15, -0.1) is 0 Å². The Balaban J connectivity index is 2.35. The minimum absolute atomic E-state index is 0.0263. The summed E-state index contributed by atoms with van der Waals surface area (Å²) in [5.74, 6) is 0.518. The molecule has 1 aliphatic heterocycles. The third-order valence-electron chi connectivity index (χ3n) is 2.63. The van der Waals surface area contributed by atoms with Gasteiger partial charge in [-0.1, -0.05) is 0 Å². The van der Waals surface area contributed by atoms with Crippen LogP contribution in [-0.2, 0) is 0 Å². The van der Waals surface area contributed by atoms with Crippen molar-refractivity contribution in [2.24, 2.45) is 0 Å². The number of piperidine rings is 1. The van der Waals surface area contributed by atoms with Gasteiger partial charge in [-0.3, -0.25) is 0 Å². The highest BCUT2D eigenvalue weighted by molar-refractivity contribution is 5.40. The van der Waals surface area contributed by atoms with E-state index in [0.29, 0.717) is 11.9 Å². The lowest BCUT2D eigenvalue weighted by atomic mass is 10.0. The fourth-order valence-corrected chi connectivity index (χ4v) is 1.81. The van der Waals surface area contributed by atoms with E-state index in [2.05, 4.69) is 21.8 Å². The number of aromatic nitrogens is 2. The Morgan fingerprint density at radius 3 is 3.14 bits per heavy atom. The maximum absolute atomic E-state index is 7.76. The number of rotatable bonds is 1. The normalized spacial score (nSPS) is 24.4. The average molecular weight is 194 g/mol. The molecular formula is C10H16N4. The molecule has 0 aliphatic carbocycles. The molecule has 1 aliphatic rings. The summed E-state index contributed by atoms with van der Waals surface area (Å²) < 4.78 is 15.3. The van der Waals surface area contributed by atoms with Crippen molar-refractivity contribution in [1.29, 1.82) is 0 Å². The monoisotopic (exact) mass is 194 g/mol. The first-order valence-electron chi connectivity index (χ1n) is 5.97. The van der Waals surface area contributed by atoms with Gasteiger partial charge in [0.15, 0.2) is 0 Å². The molecule has 0 amide bonds. The number of hydrogen-bond acceptors (Lipinski definition) is 4. The molecule has 2 rings (SSSR count). The van der Waals surface area contributed by atoms with Crippen molar-refractivity contribution in [2.45, 2.75) is 32.2 Å². The fourth-order valence-electron chi connectivity index (χ4n) is 1.81. The molecule has 2 N–H and O–H groups in total. The molecule has 0 spiro atoms. The third kappa shape index (κ3) is 1.78. The summed E-state index contributed by atoms with van der Waals surface area (Å²) in [7, 11) is 0. The zero-order valence-electron chi connectivity index (χ0n) is 10.3. The first kappa shape index (κ1) is 7.04. The highest BCUT2D eigenvalue weighted by atomic mass is 15.2. The van der Waals surface area contributed by atoms with Crippen LogP contribution >= 0.6 is 0 Å². The molecule has 4 nitrogen and oxygen atoms in total. The first-order chi connectivity index (χ1) is 7.59. The molecule has 4 heteroatoms. The van der Waals surface area contributed by atoms with Crippen molar-refractivity contribution in [3.8, 4) is 0 Å². The lowest BCUT2D eigenvalue weighted by Crippen LogP contribution is -2.38. The Morgan fingerprint density at radius 1 is 1.50 bits per heavy atom. The zero-order valence-corrected chi connectivity index (χ0v) is 8.32. The molecule has 76 valence electrons. The van der Waals surface area contributed by atoms with Crippen molar-refractivity contribution in [1.82, 2.24) is 9.97 Å². The van der Waals surface area contributed by atoms with Gasteiger partial charge in [0.05, 0.1) is 15.1 Å². The Morgan fingerprint density at radius 2 is 2.36 bits per heavy atom. The lowest BCUT2D eigenvalue weighted by Gasteiger charge is -2.34. The van der Waals surface area contributed by atoms with E-state index >= 15 is 0 Å². The maximum atomic E-state index is 7.76. The summed E-state index contributed by atoms with van der Waals surface area (Å²) in [6.07, 6.45) is 3.44. The zero-order chi connectivity index (χ0) is 11.7. The summed E-state index contributed by atoms with van der Waals surface area (Å²) in [5, 5.41) is 0. The highest BCUT2D eigenvalue weighted by Gasteiger charge is 2.19. The van der Waals surface area contributed by atoms with Crippen LogP contribution in [0.4, 0.5) is 11.6 Å². The second-order valence-corrected chi connectivity index (χ2v) is 3.69. The van der Waals surface area contributed by atoms with Gasteiger partial charge in [0, 0.05) is 12.6 Å². The fraction of sp³-hybridized carbons (Fsp3) is 0.600. The molecule has 2 heterocycles. The van der Waals surface area contributed by atoms with E-state index in [1.54, 1.807) is 0 Å². The molecule has 1 atom stereocenters. The van der Waals surface area contributed by atoms with E-state index in [4.69, 9.17) is 8.48 Å². The van der Waals surface area contributed by atoms with E-state index in [0.717, 1.165) is 19.4 Å². The maximum Gasteiger partial charge on any atom is 0.147 e. The molecule has 14 heavy (non-hydrogen) atoms. The molecule has 1 aromatic heterocycles. The van der Waals surface area contributed by atoms with Crippen LogP contribution in [0.15, 0.2) is 12.3 Å². The second-order valence-electron chi connectivity index (χ2n) is 3.69. The summed E-state index contributed by atoms with van der Waals surface area (Å²) in [5.41, 5.74) is 5.45. The number of nitrogens with two attached hydrogens (primary N) is 1. The molecular weight excluding hydrogens is 176 g/mol. The van der Waals surface area contributed by atoms with Gasteiger partial charge in [-0.2, -0.15) is 0 Å². The Bertz CT molecular complexity index is 397. The Hall–Kier alpha value is -1.32. The molecule has 1 aromatic rings. The molecule has 0 aromatic carbocycles. The van der Waals surface area contributed by atoms with Crippen molar-refractivity contribution < 1.29 is 2.74 Å². The van der Waals surface area contributed by atoms with Gasteiger partial charge in [0.1, 0.15) is 11.6 Å². The summed E-state index contributed by atoms with van der Waals surface area (Å²) >= 11 is 0.